The molecule has 1 N–H and O–H groups in total. The molecule has 0 radical (unpaired) electrons. The summed E-state index contributed by atoms with van der Waals surface area (Å²) in [6, 6.07) is 10.9. The van der Waals surface area contributed by atoms with E-state index < -0.39 is 0 Å². The molecule has 6 nitrogen and oxygen atoms in total. The number of nitrogens with one attached hydrogen (secondary N) is 1. The van der Waals surface area contributed by atoms with Crippen LogP contribution in [0.25, 0.3) is 11.0 Å². The highest BCUT2D eigenvalue weighted by Crippen LogP contribution is 2.23. The molecule has 0 saturated carbocycles. The number of pyridine rings is 1. The predicted molar refractivity (Wildman–Crippen MR) is 84.2 cm³/mol. The molecule has 1 aromatic carbocycles. The van der Waals surface area contributed by atoms with Gasteiger partial charge in [0.15, 0.2) is 11.5 Å². The van der Waals surface area contributed by atoms with Gasteiger partial charge < -0.3 is 10.1 Å². The maximum Gasteiger partial charge on any atom is 0.260 e. The second-order valence-electron chi connectivity index (χ2n) is 4.95. The number of nitrogens with zero attached hydrogens (tertiary/aromatic N) is 3. The number of benzene rings is 1. The number of aromatic nitrogens is 3. The van der Waals surface area contributed by atoms with Crippen molar-refractivity contribution in [3.8, 4) is 5.75 Å². The zero-order chi connectivity index (χ0) is 15.7. The van der Waals surface area contributed by atoms with Crippen molar-refractivity contribution in [1.82, 2.24) is 14.8 Å². The van der Waals surface area contributed by atoms with Crippen LogP contribution in [0.15, 0.2) is 36.4 Å². The van der Waals surface area contributed by atoms with E-state index in [0.717, 1.165) is 16.7 Å². The molecular weight excluding hydrogens is 280 g/mol. The second kappa shape index (κ2) is 5.48. The molecule has 0 aliphatic heterocycles. The molecule has 2 heterocycles. The van der Waals surface area contributed by atoms with Gasteiger partial charge in [-0.3, -0.25) is 4.79 Å². The Bertz CT molecular complexity index is 854. The molecule has 2 aromatic heterocycles. The van der Waals surface area contributed by atoms with Crippen LogP contribution >= 0.6 is 0 Å². The third kappa shape index (κ3) is 2.39. The monoisotopic (exact) mass is 296 g/mol. The fourth-order valence-electron chi connectivity index (χ4n) is 2.33. The van der Waals surface area contributed by atoms with Gasteiger partial charge in [-0.15, -0.1) is 0 Å². The van der Waals surface area contributed by atoms with Gasteiger partial charge in [-0.1, -0.05) is 12.1 Å². The average Bonchev–Trinajstić information content (AvgIpc) is 2.82. The maximum absolute atomic E-state index is 12.5. The number of carbonyl (C=O) groups is 1. The van der Waals surface area contributed by atoms with Gasteiger partial charge in [0.1, 0.15) is 5.75 Å². The second-order valence-corrected chi connectivity index (χ2v) is 4.95. The topological polar surface area (TPSA) is 69.0 Å². The molecule has 112 valence electrons. The minimum atomic E-state index is -0.266. The summed E-state index contributed by atoms with van der Waals surface area (Å²) in [5, 5.41) is 7.96. The smallest absolute Gasteiger partial charge is 0.260 e. The minimum absolute atomic E-state index is 0.266. The summed E-state index contributed by atoms with van der Waals surface area (Å²) in [6.07, 6.45) is 0. The summed E-state index contributed by atoms with van der Waals surface area (Å²) in [5.41, 5.74) is 2.09. The molecule has 0 bridgehead atoms. The number of ether oxygens (including phenoxy) is 1. The molecule has 0 fully saturated rings. The largest absolute Gasteiger partial charge is 0.496 e. The Morgan fingerprint density at radius 1 is 1.23 bits per heavy atom. The highest BCUT2D eigenvalue weighted by atomic mass is 16.5. The van der Waals surface area contributed by atoms with Crippen molar-refractivity contribution >= 4 is 22.8 Å². The summed E-state index contributed by atoms with van der Waals surface area (Å²) < 4.78 is 6.87. The standard InChI is InChI=1S/C16H16N4O2/c1-10-8-9-12-14(19-20(2)15(12)17-10)18-16(21)11-6-4-5-7-13(11)22-3/h4-9H,1-3H3,(H,18,19,21). The lowest BCUT2D eigenvalue weighted by Gasteiger charge is -2.07. The first-order chi connectivity index (χ1) is 10.6. The Labute approximate surface area is 127 Å². The molecule has 0 unspecified atom stereocenters. The molecule has 0 saturated heterocycles. The molecule has 0 aliphatic carbocycles. The third-order valence-electron chi connectivity index (χ3n) is 3.41. The Morgan fingerprint density at radius 2 is 2.00 bits per heavy atom. The number of hydrogen-bond donors (Lipinski definition) is 1. The molecule has 0 spiro atoms. The first-order valence-corrected chi connectivity index (χ1v) is 6.85. The van der Waals surface area contributed by atoms with Crippen LogP contribution in [-0.2, 0) is 7.05 Å². The van der Waals surface area contributed by atoms with Gasteiger partial charge in [-0.2, -0.15) is 5.10 Å². The SMILES string of the molecule is COc1ccccc1C(=O)Nc1nn(C)c2nc(C)ccc12. The van der Waals surface area contributed by atoms with Gasteiger partial charge in [0.2, 0.25) is 0 Å². The Hall–Kier alpha value is -2.89. The van der Waals surface area contributed by atoms with E-state index in [1.54, 1.807) is 29.9 Å². The number of rotatable bonds is 3. The van der Waals surface area contributed by atoms with Gasteiger partial charge in [-0.25, -0.2) is 9.67 Å². The van der Waals surface area contributed by atoms with Crippen LogP contribution in [0.5, 0.6) is 5.75 Å². The van der Waals surface area contributed by atoms with Gasteiger partial charge in [-0.05, 0) is 31.2 Å². The van der Waals surface area contributed by atoms with E-state index in [9.17, 15) is 4.79 Å². The first-order valence-electron chi connectivity index (χ1n) is 6.85. The molecule has 3 aromatic rings. The highest BCUT2D eigenvalue weighted by molar-refractivity contribution is 6.09. The Balaban J connectivity index is 1.98. The number of para-hydroxylation sites is 1. The normalized spacial score (nSPS) is 10.7. The number of hydrogen-bond acceptors (Lipinski definition) is 4. The summed E-state index contributed by atoms with van der Waals surface area (Å²) in [7, 11) is 3.34. The van der Waals surface area contributed by atoms with Crippen LogP contribution in [0, 0.1) is 6.92 Å². The van der Waals surface area contributed by atoms with E-state index in [4.69, 9.17) is 4.74 Å². The van der Waals surface area contributed by atoms with Gasteiger partial charge in [0, 0.05) is 12.7 Å². The third-order valence-corrected chi connectivity index (χ3v) is 3.41. The van der Waals surface area contributed by atoms with E-state index in [0.29, 0.717) is 17.1 Å². The summed E-state index contributed by atoms with van der Waals surface area (Å²) >= 11 is 0. The van der Waals surface area contributed by atoms with Crippen LogP contribution in [0.4, 0.5) is 5.82 Å². The predicted octanol–water partition coefficient (Wildman–Crippen LogP) is 2.54. The van der Waals surface area contributed by atoms with Crippen LogP contribution in [-0.4, -0.2) is 27.8 Å². The van der Waals surface area contributed by atoms with E-state index in [2.05, 4.69) is 15.4 Å². The van der Waals surface area contributed by atoms with Crippen molar-refractivity contribution in [2.45, 2.75) is 6.92 Å². The van der Waals surface area contributed by atoms with Crippen molar-refractivity contribution in [3.63, 3.8) is 0 Å². The van der Waals surface area contributed by atoms with Crippen LogP contribution < -0.4 is 10.1 Å². The lowest BCUT2D eigenvalue weighted by molar-refractivity contribution is 0.102. The fourth-order valence-corrected chi connectivity index (χ4v) is 2.33. The zero-order valence-corrected chi connectivity index (χ0v) is 12.6. The number of anilines is 1. The minimum Gasteiger partial charge on any atom is -0.496 e. The maximum atomic E-state index is 12.5. The van der Waals surface area contributed by atoms with Crippen molar-refractivity contribution in [2.24, 2.45) is 7.05 Å². The number of aryl methyl sites for hydroxylation is 2. The van der Waals surface area contributed by atoms with Crippen molar-refractivity contribution in [2.75, 3.05) is 12.4 Å². The van der Waals surface area contributed by atoms with E-state index >= 15 is 0 Å². The van der Waals surface area contributed by atoms with Crippen molar-refractivity contribution in [3.05, 3.63) is 47.7 Å². The number of fused-ring (bicyclic) bond motifs is 1. The molecule has 22 heavy (non-hydrogen) atoms. The number of carbonyl (C=O) groups excluding carboxylic acids is 1. The average molecular weight is 296 g/mol. The lowest BCUT2D eigenvalue weighted by Crippen LogP contribution is -2.13. The van der Waals surface area contributed by atoms with Gasteiger partial charge in [0.25, 0.3) is 5.91 Å². The molecule has 3 rings (SSSR count). The van der Waals surface area contributed by atoms with Crippen LogP contribution in [0.1, 0.15) is 16.1 Å². The van der Waals surface area contributed by atoms with Crippen LogP contribution in [0.3, 0.4) is 0 Å². The molecule has 6 heteroatoms. The van der Waals surface area contributed by atoms with Gasteiger partial charge in [0.05, 0.1) is 18.1 Å². The molecule has 1 amide bonds. The quantitative estimate of drug-likeness (QED) is 0.806. The first kappa shape index (κ1) is 14.1. The van der Waals surface area contributed by atoms with Crippen LogP contribution in [0.2, 0.25) is 0 Å². The Morgan fingerprint density at radius 3 is 2.77 bits per heavy atom. The van der Waals surface area contributed by atoms with Crippen molar-refractivity contribution < 1.29 is 9.53 Å². The summed E-state index contributed by atoms with van der Waals surface area (Å²) in [6.45, 7) is 1.92. The van der Waals surface area contributed by atoms with Gasteiger partial charge >= 0.3 is 0 Å². The molecular formula is C16H16N4O2. The van der Waals surface area contributed by atoms with E-state index in [-0.39, 0.29) is 5.91 Å². The molecule has 0 aliphatic rings. The molecule has 0 atom stereocenters. The van der Waals surface area contributed by atoms with Crippen molar-refractivity contribution in [1.29, 1.82) is 0 Å². The fraction of sp³-hybridized carbons (Fsp3) is 0.188. The summed E-state index contributed by atoms with van der Waals surface area (Å²) in [5.74, 6) is 0.744. The van der Waals surface area contributed by atoms with E-state index in [1.165, 1.54) is 7.11 Å². The van der Waals surface area contributed by atoms with E-state index in [1.807, 2.05) is 25.1 Å². The zero-order valence-electron chi connectivity index (χ0n) is 12.6. The lowest BCUT2D eigenvalue weighted by atomic mass is 10.2. The highest BCUT2D eigenvalue weighted by Gasteiger charge is 2.16. The Kier molecular flexibility index (Phi) is 3.50. The summed E-state index contributed by atoms with van der Waals surface area (Å²) in [4.78, 5) is 16.9. The number of methoxy groups -OCH3 is 1. The number of amides is 1.